The predicted molar refractivity (Wildman–Crippen MR) is 159 cm³/mol. The fourth-order valence-electron chi connectivity index (χ4n) is 7.58. The number of fused-ring (bicyclic) bond motifs is 1. The van der Waals surface area contributed by atoms with Crippen LogP contribution in [0.5, 0.6) is 0 Å². The second-order valence-electron chi connectivity index (χ2n) is 12.6. The molecule has 1 saturated carbocycles. The van der Waals surface area contributed by atoms with Crippen LogP contribution in [0.3, 0.4) is 0 Å². The summed E-state index contributed by atoms with van der Waals surface area (Å²) in [6, 6.07) is 4.19. The van der Waals surface area contributed by atoms with Crippen LogP contribution < -0.4 is 10.6 Å². The number of ether oxygens (including phenoxy) is 1. The minimum absolute atomic E-state index is 0.107. The Balaban J connectivity index is 1.23. The van der Waals surface area contributed by atoms with Crippen LogP contribution in [-0.2, 0) is 19.1 Å². The third kappa shape index (κ3) is 5.53. The van der Waals surface area contributed by atoms with Gasteiger partial charge in [0.2, 0.25) is 17.7 Å². The molecule has 0 radical (unpaired) electrons. The van der Waals surface area contributed by atoms with Crippen molar-refractivity contribution in [1.29, 1.82) is 0 Å². The first-order chi connectivity index (χ1) is 19.8. The highest BCUT2D eigenvalue weighted by Gasteiger charge is 2.72. The maximum atomic E-state index is 14.2. The third-order valence-electron chi connectivity index (χ3n) is 9.81. The van der Waals surface area contributed by atoms with E-state index in [1.54, 1.807) is 23.1 Å². The molecule has 3 amide bonds. The number of hydrogen-bond acceptors (Lipinski definition) is 5. The number of benzene rings is 1. The van der Waals surface area contributed by atoms with Gasteiger partial charge in [-0.3, -0.25) is 14.4 Å². The zero-order valence-electron chi connectivity index (χ0n) is 23.6. The van der Waals surface area contributed by atoms with Crippen molar-refractivity contribution in [2.24, 2.45) is 17.8 Å². The lowest BCUT2D eigenvalue weighted by Crippen LogP contribution is -2.56. The highest BCUT2D eigenvalue weighted by Crippen LogP contribution is 2.55. The normalized spacial score (nSPS) is 32.0. The van der Waals surface area contributed by atoms with Crippen LogP contribution in [0.4, 0.5) is 5.69 Å². The van der Waals surface area contributed by atoms with E-state index in [0.717, 1.165) is 57.7 Å². The SMILES string of the molecule is CC1CCN(CCCN2C(=O)[C@@H]3[C@@H](C(=O)Nc4ccc(Cl)c(Cl)c4)[C@@H]4C=C[C@@]3(O4)[C@H]2C(=O)NC2CCCCC2)CC1. The number of carbonyl (C=O) groups is 3. The van der Waals surface area contributed by atoms with E-state index in [4.69, 9.17) is 27.9 Å². The van der Waals surface area contributed by atoms with Gasteiger partial charge >= 0.3 is 0 Å². The summed E-state index contributed by atoms with van der Waals surface area (Å²) >= 11 is 12.2. The molecule has 3 saturated heterocycles. The lowest BCUT2D eigenvalue weighted by molar-refractivity contribution is -0.141. The molecule has 1 aromatic rings. The van der Waals surface area contributed by atoms with E-state index in [1.165, 1.54) is 19.3 Å². The second kappa shape index (κ2) is 11.9. The predicted octanol–water partition coefficient (Wildman–Crippen LogP) is 4.65. The second-order valence-corrected chi connectivity index (χ2v) is 13.4. The average Bonchev–Trinajstić information content (AvgIpc) is 3.60. The summed E-state index contributed by atoms with van der Waals surface area (Å²) in [5, 5.41) is 6.88. The van der Waals surface area contributed by atoms with E-state index in [-0.39, 0.29) is 23.8 Å². The number of piperidine rings is 1. The molecule has 8 nitrogen and oxygen atoms in total. The Hall–Kier alpha value is -2.13. The summed E-state index contributed by atoms with van der Waals surface area (Å²) in [6.45, 7) is 5.76. The minimum Gasteiger partial charge on any atom is -0.359 e. The Bertz CT molecular complexity index is 1210. The number of likely N-dealkylation sites (tertiary alicyclic amines) is 2. The molecule has 0 aromatic heterocycles. The van der Waals surface area contributed by atoms with E-state index in [2.05, 4.69) is 22.5 Å². The third-order valence-corrected chi connectivity index (χ3v) is 10.6. The summed E-state index contributed by atoms with van der Waals surface area (Å²) in [4.78, 5) is 46.0. The largest absolute Gasteiger partial charge is 0.359 e. The van der Waals surface area contributed by atoms with Gasteiger partial charge in [-0.25, -0.2) is 0 Å². The van der Waals surface area contributed by atoms with Crippen molar-refractivity contribution in [2.75, 3.05) is 31.5 Å². The first kappa shape index (κ1) is 29.0. The smallest absolute Gasteiger partial charge is 0.246 e. The molecular formula is C31H40Cl2N4O4. The molecule has 4 aliphatic heterocycles. The van der Waals surface area contributed by atoms with Gasteiger partial charge in [-0.2, -0.15) is 0 Å². The van der Waals surface area contributed by atoms with Gasteiger partial charge in [0.1, 0.15) is 11.6 Å². The lowest BCUT2D eigenvalue weighted by Gasteiger charge is -2.35. The molecule has 4 fully saturated rings. The van der Waals surface area contributed by atoms with Crippen molar-refractivity contribution in [3.05, 3.63) is 40.4 Å². The van der Waals surface area contributed by atoms with Gasteiger partial charge in [-0.05, 0) is 75.9 Å². The molecule has 2 bridgehead atoms. The molecule has 6 rings (SSSR count). The zero-order valence-corrected chi connectivity index (χ0v) is 25.1. The Labute approximate surface area is 252 Å². The van der Waals surface area contributed by atoms with Crippen molar-refractivity contribution >= 4 is 46.6 Å². The molecule has 0 unspecified atom stereocenters. The lowest BCUT2D eigenvalue weighted by atomic mass is 9.74. The summed E-state index contributed by atoms with van der Waals surface area (Å²) in [6.07, 6.45) is 11.6. The van der Waals surface area contributed by atoms with Gasteiger partial charge in [-0.1, -0.05) is 61.5 Å². The minimum atomic E-state index is -1.15. The van der Waals surface area contributed by atoms with Crippen molar-refractivity contribution in [1.82, 2.24) is 15.1 Å². The van der Waals surface area contributed by atoms with E-state index < -0.39 is 29.6 Å². The van der Waals surface area contributed by atoms with Crippen LogP contribution in [0.2, 0.25) is 10.0 Å². The number of amides is 3. The van der Waals surface area contributed by atoms with Crippen LogP contribution >= 0.6 is 23.2 Å². The van der Waals surface area contributed by atoms with Gasteiger partial charge in [-0.15, -0.1) is 0 Å². The first-order valence-electron chi connectivity index (χ1n) is 15.2. The molecule has 1 aromatic carbocycles. The quantitative estimate of drug-likeness (QED) is 0.423. The van der Waals surface area contributed by atoms with E-state index in [9.17, 15) is 14.4 Å². The number of carbonyl (C=O) groups excluding carboxylic acids is 3. The van der Waals surface area contributed by atoms with Gasteiger partial charge in [0.15, 0.2) is 0 Å². The first-order valence-corrected chi connectivity index (χ1v) is 16.0. The van der Waals surface area contributed by atoms with Crippen molar-refractivity contribution in [3.8, 4) is 0 Å². The number of hydrogen-bond donors (Lipinski definition) is 2. The van der Waals surface area contributed by atoms with E-state index >= 15 is 0 Å². The molecule has 10 heteroatoms. The van der Waals surface area contributed by atoms with Crippen LogP contribution in [0.25, 0.3) is 0 Å². The molecule has 41 heavy (non-hydrogen) atoms. The Kier molecular flexibility index (Phi) is 8.38. The number of nitrogens with one attached hydrogen (secondary N) is 2. The summed E-state index contributed by atoms with van der Waals surface area (Å²) in [5.41, 5.74) is -0.657. The maximum Gasteiger partial charge on any atom is 0.246 e. The molecule has 1 aliphatic carbocycles. The highest BCUT2D eigenvalue weighted by molar-refractivity contribution is 6.42. The molecule has 5 atom stereocenters. The average molecular weight is 604 g/mol. The molecule has 5 aliphatic rings. The Morgan fingerprint density at radius 2 is 1.78 bits per heavy atom. The van der Waals surface area contributed by atoms with Crippen LogP contribution in [-0.4, -0.2) is 77.5 Å². The number of nitrogens with zero attached hydrogens (tertiary/aromatic N) is 2. The number of anilines is 1. The molecule has 2 N–H and O–H groups in total. The number of halogens is 2. The highest BCUT2D eigenvalue weighted by atomic mass is 35.5. The van der Waals surface area contributed by atoms with Crippen LogP contribution in [0.15, 0.2) is 30.4 Å². The summed E-state index contributed by atoms with van der Waals surface area (Å²) < 4.78 is 6.48. The van der Waals surface area contributed by atoms with Gasteiger partial charge < -0.3 is 25.2 Å². The van der Waals surface area contributed by atoms with E-state index in [0.29, 0.717) is 22.3 Å². The van der Waals surface area contributed by atoms with Crippen LogP contribution in [0.1, 0.15) is 58.3 Å². The Morgan fingerprint density at radius 1 is 1.02 bits per heavy atom. The zero-order chi connectivity index (χ0) is 28.7. The molecule has 1 spiro atoms. The van der Waals surface area contributed by atoms with Gasteiger partial charge in [0.25, 0.3) is 0 Å². The standard InChI is InChI=1S/C31H40Cl2N4O4/c1-19-11-16-36(17-12-19)14-5-15-37-27(29(39)34-20-6-3-2-4-7-20)31-13-10-24(41-31)25(26(31)30(37)40)28(38)35-21-8-9-22(32)23(33)18-21/h8-10,13,18-20,24-27H,2-7,11-12,14-17H2,1H3,(H,34,39)(H,35,38)/t24-,25-,26-,27+,31-/m0/s1. The van der Waals surface area contributed by atoms with Gasteiger partial charge in [0, 0.05) is 18.3 Å². The van der Waals surface area contributed by atoms with Crippen molar-refractivity contribution in [3.63, 3.8) is 0 Å². The maximum absolute atomic E-state index is 14.2. The summed E-state index contributed by atoms with van der Waals surface area (Å²) in [7, 11) is 0. The van der Waals surface area contributed by atoms with Crippen molar-refractivity contribution in [2.45, 2.75) is 82.1 Å². The summed E-state index contributed by atoms with van der Waals surface area (Å²) in [5.74, 6) is -1.44. The Morgan fingerprint density at radius 3 is 2.51 bits per heavy atom. The van der Waals surface area contributed by atoms with Gasteiger partial charge in [0.05, 0.1) is 28.0 Å². The van der Waals surface area contributed by atoms with Crippen LogP contribution in [0, 0.1) is 17.8 Å². The van der Waals surface area contributed by atoms with Crippen molar-refractivity contribution < 1.29 is 19.1 Å². The van der Waals surface area contributed by atoms with E-state index in [1.807, 2.05) is 12.2 Å². The molecule has 222 valence electrons. The number of rotatable bonds is 8. The molecule has 4 heterocycles. The monoisotopic (exact) mass is 602 g/mol. The fraction of sp³-hybridized carbons (Fsp3) is 0.645. The topological polar surface area (TPSA) is 91.0 Å². The molecular weight excluding hydrogens is 563 g/mol. The fourth-order valence-corrected chi connectivity index (χ4v) is 7.88.